The Morgan fingerprint density at radius 2 is 1.78 bits per heavy atom. The average molecular weight is 621 g/mol. The largest absolute Gasteiger partial charge is 0.486 e. The fourth-order valence-electron chi connectivity index (χ4n) is 7.31. The van der Waals surface area contributed by atoms with Gasteiger partial charge >= 0.3 is 5.97 Å². The van der Waals surface area contributed by atoms with Crippen molar-refractivity contribution < 1.29 is 24.5 Å². The van der Waals surface area contributed by atoms with Crippen molar-refractivity contribution in [1.82, 2.24) is 19.7 Å². The predicted octanol–water partition coefficient (Wildman–Crippen LogP) is 6.05. The first-order valence-corrected chi connectivity index (χ1v) is 16.5. The van der Waals surface area contributed by atoms with E-state index >= 15 is 0 Å². The molecule has 1 amide bonds. The van der Waals surface area contributed by atoms with Crippen LogP contribution in [0.25, 0.3) is 17.1 Å². The van der Waals surface area contributed by atoms with Crippen molar-refractivity contribution in [3.8, 4) is 22.8 Å². The Bertz CT molecular complexity index is 1800. The summed E-state index contributed by atoms with van der Waals surface area (Å²) in [4.78, 5) is 31.1. The van der Waals surface area contributed by atoms with Crippen LogP contribution in [0, 0.1) is 0 Å². The summed E-state index contributed by atoms with van der Waals surface area (Å²) in [5.74, 6) is 0.725. The van der Waals surface area contributed by atoms with E-state index in [1.54, 1.807) is 4.68 Å². The number of carbonyl (C=O) groups is 2. The molecule has 46 heavy (non-hydrogen) atoms. The van der Waals surface area contributed by atoms with Crippen molar-refractivity contribution in [1.29, 1.82) is 0 Å². The molecule has 7 rings (SSSR count). The topological polar surface area (TPSA) is 118 Å². The molecule has 9 nitrogen and oxygen atoms in total. The Labute approximate surface area is 268 Å². The van der Waals surface area contributed by atoms with Crippen LogP contribution in [0.4, 0.5) is 0 Å². The molecule has 238 valence electrons. The molecule has 3 heterocycles. The number of amides is 1. The number of aliphatic hydroxyl groups is 1. The van der Waals surface area contributed by atoms with Gasteiger partial charge in [-0.3, -0.25) is 4.79 Å². The Morgan fingerprint density at radius 3 is 2.50 bits per heavy atom. The number of aromatic carboxylic acids is 1. The molecule has 1 atom stereocenters. The fourth-order valence-corrected chi connectivity index (χ4v) is 7.31. The molecule has 1 saturated carbocycles. The van der Waals surface area contributed by atoms with E-state index in [1.807, 2.05) is 30.0 Å². The summed E-state index contributed by atoms with van der Waals surface area (Å²) in [6.45, 7) is 5.46. The molecule has 2 aromatic carbocycles. The van der Waals surface area contributed by atoms with Crippen LogP contribution in [-0.2, 0) is 24.1 Å². The molecule has 2 fully saturated rings. The average Bonchev–Trinajstić information content (AvgIpc) is 3.49. The molecule has 0 bridgehead atoms. The van der Waals surface area contributed by atoms with Crippen LogP contribution in [0.5, 0.6) is 5.75 Å². The van der Waals surface area contributed by atoms with Gasteiger partial charge in [-0.15, -0.1) is 0 Å². The first-order valence-electron chi connectivity index (χ1n) is 16.5. The Hall–Kier alpha value is -4.50. The first kappa shape index (κ1) is 30.2. The maximum Gasteiger partial charge on any atom is 0.339 e. The smallest absolute Gasteiger partial charge is 0.339 e. The second kappa shape index (κ2) is 12.0. The number of carboxylic acid groups (broad SMARTS) is 1. The summed E-state index contributed by atoms with van der Waals surface area (Å²) in [6.07, 6.45) is 7.44. The van der Waals surface area contributed by atoms with Gasteiger partial charge in [0.25, 0.3) is 5.91 Å². The van der Waals surface area contributed by atoms with E-state index < -0.39 is 11.6 Å². The van der Waals surface area contributed by atoms with E-state index in [1.165, 1.54) is 22.9 Å². The zero-order chi connectivity index (χ0) is 32.0. The van der Waals surface area contributed by atoms with E-state index in [0.29, 0.717) is 49.8 Å². The second-order valence-electron chi connectivity index (χ2n) is 12.8. The van der Waals surface area contributed by atoms with E-state index in [4.69, 9.17) is 9.72 Å². The van der Waals surface area contributed by atoms with Gasteiger partial charge in [0.2, 0.25) is 0 Å². The van der Waals surface area contributed by atoms with Crippen molar-refractivity contribution in [2.24, 2.45) is 0 Å². The Morgan fingerprint density at radius 1 is 1.00 bits per heavy atom. The number of aryl methyl sites for hydroxylation is 2. The van der Waals surface area contributed by atoms with Gasteiger partial charge in [-0.2, -0.15) is 5.10 Å². The molecule has 0 spiro atoms. The maximum absolute atomic E-state index is 12.6. The van der Waals surface area contributed by atoms with E-state index in [0.717, 1.165) is 54.7 Å². The highest BCUT2D eigenvalue weighted by atomic mass is 16.5. The van der Waals surface area contributed by atoms with Crippen molar-refractivity contribution in [2.45, 2.75) is 82.8 Å². The Kier molecular flexibility index (Phi) is 7.88. The quantitative estimate of drug-likeness (QED) is 0.234. The third-order valence-electron chi connectivity index (χ3n) is 9.97. The van der Waals surface area contributed by atoms with Gasteiger partial charge in [-0.1, -0.05) is 44.2 Å². The van der Waals surface area contributed by atoms with Crippen LogP contribution < -0.4 is 4.74 Å². The standard InChI is InChI=1S/C37H40N4O5/c1-3-23-21-26(12-13-27(23)24-15-19-40(20-16-24)36(44)37(45)17-18-37)46-32-14-11-25-7-5-8-28(34(25)32)30-9-6-10-33(39-30)41-31(4-2)29(22-38-41)35(42)43/h5-10,12-13,21-22,24,32,45H,3-4,11,14-20H2,1-2H3,(H,42,43). The van der Waals surface area contributed by atoms with Crippen molar-refractivity contribution >= 4 is 11.9 Å². The van der Waals surface area contributed by atoms with E-state index in [9.17, 15) is 19.8 Å². The molecule has 4 aromatic rings. The zero-order valence-corrected chi connectivity index (χ0v) is 26.4. The Balaban J connectivity index is 1.12. The lowest BCUT2D eigenvalue weighted by Crippen LogP contribution is -2.44. The molecular formula is C37H40N4O5. The lowest BCUT2D eigenvalue weighted by Gasteiger charge is -2.34. The summed E-state index contributed by atoms with van der Waals surface area (Å²) < 4.78 is 8.35. The number of rotatable bonds is 9. The third-order valence-corrected chi connectivity index (χ3v) is 9.97. The maximum atomic E-state index is 12.6. The first-order chi connectivity index (χ1) is 22.3. The minimum atomic E-state index is -1.09. The lowest BCUT2D eigenvalue weighted by molar-refractivity contribution is -0.143. The molecular weight excluding hydrogens is 580 g/mol. The van der Waals surface area contributed by atoms with Gasteiger partial charge in [-0.25, -0.2) is 14.5 Å². The summed E-state index contributed by atoms with van der Waals surface area (Å²) in [5, 5.41) is 24.2. The SMILES string of the molecule is CCc1cc(OC2CCc3cccc(-c4cccc(-n5ncc(C(=O)O)c5CC)n4)c32)ccc1C1CCN(C(=O)C2(O)CC2)CC1. The summed E-state index contributed by atoms with van der Waals surface area (Å²) >= 11 is 0. The van der Waals surface area contributed by atoms with Crippen molar-refractivity contribution in [3.05, 3.63) is 94.3 Å². The number of aromatic nitrogens is 3. The van der Waals surface area contributed by atoms with Crippen LogP contribution >= 0.6 is 0 Å². The molecule has 2 aliphatic carbocycles. The van der Waals surface area contributed by atoms with Crippen LogP contribution in [0.1, 0.15) is 96.3 Å². The number of benzene rings is 2. The van der Waals surface area contributed by atoms with Gasteiger partial charge in [0, 0.05) is 24.2 Å². The normalized spacial score (nSPS) is 18.8. The van der Waals surface area contributed by atoms with Gasteiger partial charge < -0.3 is 19.8 Å². The minimum absolute atomic E-state index is 0.0945. The third kappa shape index (κ3) is 5.47. The number of piperidine rings is 1. The fraction of sp³-hybridized carbons (Fsp3) is 0.405. The van der Waals surface area contributed by atoms with Gasteiger partial charge in [0.1, 0.15) is 23.0 Å². The number of nitrogens with zero attached hydrogens (tertiary/aromatic N) is 4. The molecule has 2 aromatic heterocycles. The molecule has 1 aliphatic heterocycles. The van der Waals surface area contributed by atoms with E-state index in [-0.39, 0.29) is 17.6 Å². The number of likely N-dealkylation sites (tertiary alicyclic amines) is 1. The summed E-state index contributed by atoms with van der Waals surface area (Å²) in [5.41, 5.74) is 6.51. The molecule has 1 saturated heterocycles. The highest BCUT2D eigenvalue weighted by Gasteiger charge is 2.50. The number of hydrogen-bond acceptors (Lipinski definition) is 6. The second-order valence-corrected chi connectivity index (χ2v) is 12.8. The number of carbonyl (C=O) groups excluding carboxylic acids is 1. The number of ether oxygens (including phenoxy) is 1. The van der Waals surface area contributed by atoms with Crippen LogP contribution in [0.15, 0.2) is 60.8 Å². The number of carboxylic acids is 1. The highest BCUT2D eigenvalue weighted by Crippen LogP contribution is 2.43. The van der Waals surface area contributed by atoms with Crippen molar-refractivity contribution in [3.63, 3.8) is 0 Å². The lowest BCUT2D eigenvalue weighted by atomic mass is 9.85. The summed E-state index contributed by atoms with van der Waals surface area (Å²) in [6, 6.07) is 18.5. The van der Waals surface area contributed by atoms with Crippen LogP contribution in [0.3, 0.4) is 0 Å². The molecule has 9 heteroatoms. The monoisotopic (exact) mass is 620 g/mol. The van der Waals surface area contributed by atoms with Gasteiger partial charge in [0.05, 0.1) is 17.6 Å². The highest BCUT2D eigenvalue weighted by molar-refractivity contribution is 5.89. The number of hydrogen-bond donors (Lipinski definition) is 2. The molecule has 0 radical (unpaired) electrons. The molecule has 1 unspecified atom stereocenters. The minimum Gasteiger partial charge on any atom is -0.486 e. The van der Waals surface area contributed by atoms with E-state index in [2.05, 4.69) is 48.4 Å². The number of fused-ring (bicyclic) bond motifs is 1. The predicted molar refractivity (Wildman–Crippen MR) is 173 cm³/mol. The molecule has 2 N–H and O–H groups in total. The zero-order valence-electron chi connectivity index (χ0n) is 26.4. The van der Waals surface area contributed by atoms with Crippen LogP contribution in [-0.4, -0.2) is 60.4 Å². The van der Waals surface area contributed by atoms with Gasteiger partial charge in [-0.05, 0) is 98.2 Å². The van der Waals surface area contributed by atoms with Gasteiger partial charge in [0.15, 0.2) is 5.82 Å². The molecule has 3 aliphatic rings. The van der Waals surface area contributed by atoms with Crippen LogP contribution in [0.2, 0.25) is 0 Å². The number of pyridine rings is 1. The van der Waals surface area contributed by atoms with Crippen molar-refractivity contribution in [2.75, 3.05) is 13.1 Å². The summed E-state index contributed by atoms with van der Waals surface area (Å²) in [7, 11) is 0.